The van der Waals surface area contributed by atoms with Crippen LogP contribution in [0.5, 0.6) is 0 Å². The van der Waals surface area contributed by atoms with Crippen LogP contribution in [0.3, 0.4) is 0 Å². The number of hydrogen-bond donors (Lipinski definition) is 1. The number of likely N-dealkylation sites (tertiary alicyclic amines) is 1. The van der Waals surface area contributed by atoms with Gasteiger partial charge < -0.3 is 15.0 Å². The fourth-order valence-corrected chi connectivity index (χ4v) is 2.58. The zero-order chi connectivity index (χ0) is 14.4. The molecule has 1 aromatic heterocycles. The lowest BCUT2D eigenvalue weighted by atomic mass is 10.1. The van der Waals surface area contributed by atoms with Crippen LogP contribution in [-0.4, -0.2) is 48.1 Å². The van der Waals surface area contributed by atoms with Gasteiger partial charge in [-0.05, 0) is 32.8 Å². The molecule has 1 saturated heterocycles. The Bertz CT molecular complexity index is 448. The number of aromatic nitrogens is 1. The molecule has 2 rings (SSSR count). The Hall–Kier alpha value is -1.62. The molecule has 0 spiro atoms. The summed E-state index contributed by atoms with van der Waals surface area (Å²) in [6.45, 7) is 6.95. The molecule has 0 bridgehead atoms. The summed E-state index contributed by atoms with van der Waals surface area (Å²) in [5.41, 5.74) is 1.50. The van der Waals surface area contributed by atoms with Crippen LogP contribution in [0.1, 0.15) is 37.0 Å². The molecule has 5 heteroatoms. The third kappa shape index (κ3) is 3.48. The van der Waals surface area contributed by atoms with Crippen LogP contribution in [0, 0.1) is 0 Å². The molecule has 5 nitrogen and oxygen atoms in total. The van der Waals surface area contributed by atoms with Gasteiger partial charge in [0, 0.05) is 32.4 Å². The minimum Gasteiger partial charge on any atom is -0.383 e. The van der Waals surface area contributed by atoms with E-state index < -0.39 is 0 Å². The molecule has 1 aliphatic rings. The predicted octanol–water partition coefficient (Wildman–Crippen LogP) is 2.15. The molecule has 1 aromatic rings. The minimum absolute atomic E-state index is 0.0627. The van der Waals surface area contributed by atoms with Crippen molar-refractivity contribution in [3.63, 3.8) is 0 Å². The van der Waals surface area contributed by atoms with Gasteiger partial charge in [-0.2, -0.15) is 0 Å². The molecule has 1 aliphatic heterocycles. The van der Waals surface area contributed by atoms with Crippen molar-refractivity contribution in [2.75, 3.05) is 31.6 Å². The van der Waals surface area contributed by atoms with E-state index in [1.165, 1.54) is 0 Å². The number of ether oxygens (including phenoxy) is 1. The van der Waals surface area contributed by atoms with Crippen molar-refractivity contribution in [3.8, 4) is 0 Å². The number of carbonyl (C=O) groups is 1. The monoisotopic (exact) mass is 277 g/mol. The van der Waals surface area contributed by atoms with E-state index in [0.717, 1.165) is 31.6 Å². The van der Waals surface area contributed by atoms with Gasteiger partial charge in [0.2, 0.25) is 0 Å². The van der Waals surface area contributed by atoms with E-state index in [9.17, 15) is 4.79 Å². The molecule has 0 radical (unpaired) electrons. The first-order valence-corrected chi connectivity index (χ1v) is 7.35. The van der Waals surface area contributed by atoms with Gasteiger partial charge >= 0.3 is 0 Å². The molecular formula is C15H23N3O2. The molecule has 20 heavy (non-hydrogen) atoms. The quantitative estimate of drug-likeness (QED) is 0.896. The third-order valence-corrected chi connectivity index (χ3v) is 3.49. The molecular weight excluding hydrogens is 254 g/mol. The first-order chi connectivity index (χ1) is 9.76. The Morgan fingerprint density at radius 2 is 2.40 bits per heavy atom. The number of hydrogen-bond acceptors (Lipinski definition) is 4. The maximum absolute atomic E-state index is 12.6. The molecule has 0 aliphatic carbocycles. The first kappa shape index (κ1) is 14.8. The average molecular weight is 277 g/mol. The summed E-state index contributed by atoms with van der Waals surface area (Å²) < 4.78 is 5.65. The molecule has 1 fully saturated rings. The van der Waals surface area contributed by atoms with Gasteiger partial charge in [0.25, 0.3) is 5.91 Å². The Balaban J connectivity index is 2.10. The number of piperidine rings is 1. The average Bonchev–Trinajstić information content (AvgIpc) is 2.48. The molecule has 2 heterocycles. The predicted molar refractivity (Wildman–Crippen MR) is 79.0 cm³/mol. The third-order valence-electron chi connectivity index (χ3n) is 3.49. The summed E-state index contributed by atoms with van der Waals surface area (Å²) in [7, 11) is 0. The minimum atomic E-state index is 0.0627. The number of rotatable bonds is 5. The number of nitrogens with zero attached hydrogens (tertiary/aromatic N) is 2. The number of pyridine rings is 1. The summed E-state index contributed by atoms with van der Waals surface area (Å²) >= 11 is 0. The van der Waals surface area contributed by atoms with Gasteiger partial charge in [-0.25, -0.2) is 0 Å². The fraction of sp³-hybridized carbons (Fsp3) is 0.600. The zero-order valence-corrected chi connectivity index (χ0v) is 12.3. The van der Waals surface area contributed by atoms with Crippen molar-refractivity contribution in [3.05, 3.63) is 24.0 Å². The molecule has 1 N–H and O–H groups in total. The van der Waals surface area contributed by atoms with E-state index in [0.29, 0.717) is 18.7 Å². The van der Waals surface area contributed by atoms with Gasteiger partial charge in [-0.3, -0.25) is 9.78 Å². The number of amides is 1. The summed E-state index contributed by atoms with van der Waals surface area (Å²) in [6, 6.07) is 1.78. The van der Waals surface area contributed by atoms with E-state index in [4.69, 9.17) is 4.74 Å². The SMILES string of the molecule is CCNc1cnccc1C(=O)N1CCCC(OCC)C1. The molecule has 0 saturated carbocycles. The maximum atomic E-state index is 12.6. The smallest absolute Gasteiger partial charge is 0.256 e. The van der Waals surface area contributed by atoms with Crippen molar-refractivity contribution >= 4 is 11.6 Å². The van der Waals surface area contributed by atoms with Crippen molar-refractivity contribution in [2.24, 2.45) is 0 Å². The molecule has 1 atom stereocenters. The van der Waals surface area contributed by atoms with Crippen LogP contribution >= 0.6 is 0 Å². The summed E-state index contributed by atoms with van der Waals surface area (Å²) in [5, 5.41) is 3.19. The van der Waals surface area contributed by atoms with E-state index in [1.807, 2.05) is 18.7 Å². The lowest BCUT2D eigenvalue weighted by Gasteiger charge is -2.32. The van der Waals surface area contributed by atoms with E-state index >= 15 is 0 Å². The lowest BCUT2D eigenvalue weighted by molar-refractivity contribution is 0.00727. The summed E-state index contributed by atoms with van der Waals surface area (Å²) in [5.74, 6) is 0.0627. The zero-order valence-electron chi connectivity index (χ0n) is 12.3. The summed E-state index contributed by atoms with van der Waals surface area (Å²) in [6.07, 6.45) is 5.58. The van der Waals surface area contributed by atoms with Gasteiger partial charge in [0.1, 0.15) is 0 Å². The van der Waals surface area contributed by atoms with E-state index in [2.05, 4.69) is 10.3 Å². The lowest BCUT2D eigenvalue weighted by Crippen LogP contribution is -2.43. The van der Waals surface area contributed by atoms with Crippen LogP contribution in [0.25, 0.3) is 0 Å². The largest absolute Gasteiger partial charge is 0.383 e. The van der Waals surface area contributed by atoms with Crippen LogP contribution in [-0.2, 0) is 4.74 Å². The highest BCUT2D eigenvalue weighted by atomic mass is 16.5. The maximum Gasteiger partial charge on any atom is 0.256 e. The van der Waals surface area contributed by atoms with Crippen LogP contribution in [0.2, 0.25) is 0 Å². The van der Waals surface area contributed by atoms with Gasteiger partial charge in [-0.15, -0.1) is 0 Å². The Kier molecular flexibility index (Phi) is 5.35. The highest BCUT2D eigenvalue weighted by molar-refractivity contribution is 5.99. The van der Waals surface area contributed by atoms with Crippen molar-refractivity contribution in [1.29, 1.82) is 0 Å². The first-order valence-electron chi connectivity index (χ1n) is 7.35. The number of nitrogens with one attached hydrogen (secondary N) is 1. The van der Waals surface area contributed by atoms with Gasteiger partial charge in [-0.1, -0.05) is 0 Å². The summed E-state index contributed by atoms with van der Waals surface area (Å²) in [4.78, 5) is 18.6. The van der Waals surface area contributed by atoms with E-state index in [1.54, 1.807) is 18.5 Å². The molecule has 1 amide bonds. The highest BCUT2D eigenvalue weighted by Gasteiger charge is 2.25. The van der Waals surface area contributed by atoms with Crippen LogP contribution in [0.4, 0.5) is 5.69 Å². The van der Waals surface area contributed by atoms with Crippen LogP contribution in [0.15, 0.2) is 18.5 Å². The second kappa shape index (κ2) is 7.24. The van der Waals surface area contributed by atoms with Crippen molar-refractivity contribution in [1.82, 2.24) is 9.88 Å². The Morgan fingerprint density at radius 3 is 3.15 bits per heavy atom. The Morgan fingerprint density at radius 1 is 1.55 bits per heavy atom. The highest BCUT2D eigenvalue weighted by Crippen LogP contribution is 2.20. The fourth-order valence-electron chi connectivity index (χ4n) is 2.58. The normalized spacial score (nSPS) is 18.9. The molecule has 0 aromatic carbocycles. The molecule has 1 unspecified atom stereocenters. The van der Waals surface area contributed by atoms with Crippen molar-refractivity contribution in [2.45, 2.75) is 32.8 Å². The van der Waals surface area contributed by atoms with Crippen LogP contribution < -0.4 is 5.32 Å². The number of carbonyl (C=O) groups excluding carboxylic acids is 1. The Labute approximate surface area is 120 Å². The standard InChI is InChI=1S/C15H23N3O2/c1-3-17-14-10-16-8-7-13(14)15(19)18-9-5-6-12(11-18)20-4-2/h7-8,10,12,17H,3-6,9,11H2,1-2H3. The van der Waals surface area contributed by atoms with E-state index in [-0.39, 0.29) is 12.0 Å². The second-order valence-corrected chi connectivity index (χ2v) is 4.92. The topological polar surface area (TPSA) is 54.5 Å². The molecule has 110 valence electrons. The second-order valence-electron chi connectivity index (χ2n) is 4.92. The number of anilines is 1. The van der Waals surface area contributed by atoms with Crippen molar-refractivity contribution < 1.29 is 9.53 Å². The van der Waals surface area contributed by atoms with Gasteiger partial charge in [0.15, 0.2) is 0 Å². The van der Waals surface area contributed by atoms with Gasteiger partial charge in [0.05, 0.1) is 23.6 Å².